The van der Waals surface area contributed by atoms with Gasteiger partial charge in [0.15, 0.2) is 0 Å². The molecular weight excluding hydrogens is 254 g/mol. The molecule has 2 unspecified atom stereocenters. The normalized spacial score (nSPS) is 14.1. The molecule has 1 N–H and O–H groups in total. The standard InChI is InChI=1S/C17H20ClN/c1-13(15-7-4-3-5-8-15)12-19-14(2)16-9-6-10-17(18)11-16/h3-11,13-14,19H,12H2,1-2H3. The Balaban J connectivity index is 1.92. The van der Waals surface area contributed by atoms with E-state index in [9.17, 15) is 0 Å². The molecule has 0 aliphatic heterocycles. The Hall–Kier alpha value is -1.31. The topological polar surface area (TPSA) is 12.0 Å². The lowest BCUT2D eigenvalue weighted by atomic mass is 10.0. The fraction of sp³-hybridized carbons (Fsp3) is 0.294. The predicted molar refractivity (Wildman–Crippen MR) is 82.7 cm³/mol. The van der Waals surface area contributed by atoms with Gasteiger partial charge in [-0.15, -0.1) is 0 Å². The van der Waals surface area contributed by atoms with Gasteiger partial charge in [-0.25, -0.2) is 0 Å². The highest BCUT2D eigenvalue weighted by Gasteiger charge is 2.09. The second-order valence-electron chi connectivity index (χ2n) is 5.00. The van der Waals surface area contributed by atoms with Gasteiger partial charge in [0.05, 0.1) is 0 Å². The quantitative estimate of drug-likeness (QED) is 0.826. The number of hydrogen-bond donors (Lipinski definition) is 1. The molecule has 0 saturated heterocycles. The molecule has 0 radical (unpaired) electrons. The van der Waals surface area contributed by atoms with Crippen molar-refractivity contribution in [3.05, 3.63) is 70.7 Å². The van der Waals surface area contributed by atoms with Crippen LogP contribution in [0.5, 0.6) is 0 Å². The van der Waals surface area contributed by atoms with Crippen LogP contribution < -0.4 is 5.32 Å². The van der Waals surface area contributed by atoms with Gasteiger partial charge in [0, 0.05) is 17.6 Å². The van der Waals surface area contributed by atoms with Crippen LogP contribution in [0.1, 0.15) is 36.9 Å². The molecule has 0 heterocycles. The zero-order valence-corrected chi connectivity index (χ0v) is 12.2. The molecule has 0 bridgehead atoms. The van der Waals surface area contributed by atoms with Crippen LogP contribution in [-0.2, 0) is 0 Å². The largest absolute Gasteiger partial charge is 0.310 e. The van der Waals surface area contributed by atoms with Crippen LogP contribution in [0.2, 0.25) is 5.02 Å². The summed E-state index contributed by atoms with van der Waals surface area (Å²) in [5.41, 5.74) is 2.60. The Labute approximate surface area is 120 Å². The summed E-state index contributed by atoms with van der Waals surface area (Å²) < 4.78 is 0. The van der Waals surface area contributed by atoms with Crippen LogP contribution in [0, 0.1) is 0 Å². The monoisotopic (exact) mass is 273 g/mol. The van der Waals surface area contributed by atoms with Gasteiger partial charge >= 0.3 is 0 Å². The molecule has 2 heteroatoms. The lowest BCUT2D eigenvalue weighted by Crippen LogP contribution is -2.23. The van der Waals surface area contributed by atoms with Crippen LogP contribution in [0.25, 0.3) is 0 Å². The SMILES string of the molecule is CC(CNC(C)c1cccc(Cl)c1)c1ccccc1. The molecule has 0 aromatic heterocycles. The fourth-order valence-electron chi connectivity index (χ4n) is 2.15. The number of rotatable bonds is 5. The molecule has 100 valence electrons. The maximum Gasteiger partial charge on any atom is 0.0409 e. The van der Waals surface area contributed by atoms with Crippen molar-refractivity contribution >= 4 is 11.6 Å². The van der Waals surface area contributed by atoms with E-state index in [2.05, 4.69) is 55.6 Å². The smallest absolute Gasteiger partial charge is 0.0409 e. The van der Waals surface area contributed by atoms with Crippen LogP contribution in [0.3, 0.4) is 0 Å². The summed E-state index contributed by atoms with van der Waals surface area (Å²) in [7, 11) is 0. The van der Waals surface area contributed by atoms with E-state index in [-0.39, 0.29) is 0 Å². The Morgan fingerprint density at radius 1 is 0.947 bits per heavy atom. The summed E-state index contributed by atoms with van der Waals surface area (Å²) in [4.78, 5) is 0. The molecule has 19 heavy (non-hydrogen) atoms. The third kappa shape index (κ3) is 4.09. The Kier molecular flexibility index (Phi) is 5.00. The summed E-state index contributed by atoms with van der Waals surface area (Å²) >= 11 is 6.02. The molecule has 2 atom stereocenters. The first kappa shape index (κ1) is 14.1. The second kappa shape index (κ2) is 6.74. The summed E-state index contributed by atoms with van der Waals surface area (Å²) in [5, 5.41) is 4.36. The number of nitrogens with one attached hydrogen (secondary N) is 1. The summed E-state index contributed by atoms with van der Waals surface area (Å²) in [6, 6.07) is 18.9. The minimum absolute atomic E-state index is 0.310. The average Bonchev–Trinajstić information content (AvgIpc) is 2.45. The minimum atomic E-state index is 0.310. The second-order valence-corrected chi connectivity index (χ2v) is 5.43. The van der Waals surface area contributed by atoms with E-state index < -0.39 is 0 Å². The molecule has 2 rings (SSSR count). The molecule has 0 fully saturated rings. The van der Waals surface area contributed by atoms with Crippen LogP contribution in [0.4, 0.5) is 0 Å². The van der Waals surface area contributed by atoms with Crippen LogP contribution in [0.15, 0.2) is 54.6 Å². The summed E-state index contributed by atoms with van der Waals surface area (Å²) in [6.07, 6.45) is 0. The van der Waals surface area contributed by atoms with Crippen molar-refractivity contribution < 1.29 is 0 Å². The lowest BCUT2D eigenvalue weighted by Gasteiger charge is -2.18. The van der Waals surface area contributed by atoms with Gasteiger partial charge in [-0.2, -0.15) is 0 Å². The van der Waals surface area contributed by atoms with Gasteiger partial charge in [0.25, 0.3) is 0 Å². The van der Waals surface area contributed by atoms with Gasteiger partial charge in [0.1, 0.15) is 0 Å². The molecule has 0 spiro atoms. The first-order chi connectivity index (χ1) is 9.16. The first-order valence-electron chi connectivity index (χ1n) is 6.70. The molecule has 1 nitrogen and oxygen atoms in total. The van der Waals surface area contributed by atoms with Gasteiger partial charge in [0.2, 0.25) is 0 Å². The van der Waals surface area contributed by atoms with Crippen molar-refractivity contribution in [2.45, 2.75) is 25.8 Å². The van der Waals surface area contributed by atoms with Crippen molar-refractivity contribution in [2.24, 2.45) is 0 Å². The number of hydrogen-bond acceptors (Lipinski definition) is 1. The van der Waals surface area contributed by atoms with Crippen molar-refractivity contribution in [3.63, 3.8) is 0 Å². The van der Waals surface area contributed by atoms with E-state index in [0.717, 1.165) is 11.6 Å². The Morgan fingerprint density at radius 2 is 1.63 bits per heavy atom. The zero-order chi connectivity index (χ0) is 13.7. The van der Waals surface area contributed by atoms with E-state index in [1.807, 2.05) is 18.2 Å². The fourth-order valence-corrected chi connectivity index (χ4v) is 2.35. The molecule has 0 aliphatic carbocycles. The highest BCUT2D eigenvalue weighted by Crippen LogP contribution is 2.19. The van der Waals surface area contributed by atoms with E-state index in [1.165, 1.54) is 11.1 Å². The van der Waals surface area contributed by atoms with Crippen molar-refractivity contribution in [1.82, 2.24) is 5.32 Å². The molecule has 2 aromatic carbocycles. The van der Waals surface area contributed by atoms with E-state index in [0.29, 0.717) is 12.0 Å². The van der Waals surface area contributed by atoms with Crippen LogP contribution >= 0.6 is 11.6 Å². The highest BCUT2D eigenvalue weighted by molar-refractivity contribution is 6.30. The van der Waals surface area contributed by atoms with Crippen molar-refractivity contribution in [2.75, 3.05) is 6.54 Å². The minimum Gasteiger partial charge on any atom is -0.310 e. The average molecular weight is 274 g/mol. The van der Waals surface area contributed by atoms with Gasteiger partial charge in [-0.3, -0.25) is 0 Å². The molecule has 0 saturated carbocycles. The highest BCUT2D eigenvalue weighted by atomic mass is 35.5. The number of halogens is 1. The maximum atomic E-state index is 6.02. The molecular formula is C17H20ClN. The summed E-state index contributed by atoms with van der Waals surface area (Å²) in [5.74, 6) is 0.503. The third-order valence-corrected chi connectivity index (χ3v) is 3.68. The van der Waals surface area contributed by atoms with E-state index in [1.54, 1.807) is 0 Å². The van der Waals surface area contributed by atoms with E-state index >= 15 is 0 Å². The van der Waals surface area contributed by atoms with Crippen molar-refractivity contribution in [3.8, 4) is 0 Å². The third-order valence-electron chi connectivity index (χ3n) is 3.45. The maximum absolute atomic E-state index is 6.02. The molecule has 0 amide bonds. The first-order valence-corrected chi connectivity index (χ1v) is 7.08. The van der Waals surface area contributed by atoms with E-state index in [4.69, 9.17) is 11.6 Å². The Morgan fingerprint density at radius 3 is 2.32 bits per heavy atom. The van der Waals surface area contributed by atoms with Gasteiger partial charge in [-0.05, 0) is 36.1 Å². The Bertz CT molecular complexity index is 510. The zero-order valence-electron chi connectivity index (χ0n) is 11.4. The van der Waals surface area contributed by atoms with Crippen molar-refractivity contribution in [1.29, 1.82) is 0 Å². The van der Waals surface area contributed by atoms with Gasteiger partial charge in [-0.1, -0.05) is 61.0 Å². The molecule has 0 aliphatic rings. The van der Waals surface area contributed by atoms with Gasteiger partial charge < -0.3 is 5.32 Å². The predicted octanol–water partition coefficient (Wildman–Crippen LogP) is 4.79. The summed E-state index contributed by atoms with van der Waals surface area (Å²) in [6.45, 7) is 5.37. The van der Waals surface area contributed by atoms with Crippen LogP contribution in [-0.4, -0.2) is 6.54 Å². The molecule has 2 aromatic rings. The number of benzene rings is 2. The lowest BCUT2D eigenvalue weighted by molar-refractivity contribution is 0.537.